The van der Waals surface area contributed by atoms with Gasteiger partial charge in [0.2, 0.25) is 5.91 Å². The molecule has 0 spiro atoms. The van der Waals surface area contributed by atoms with Crippen LogP contribution in [0.3, 0.4) is 0 Å². The fourth-order valence-corrected chi connectivity index (χ4v) is 3.10. The Labute approximate surface area is 137 Å². The molecule has 0 saturated heterocycles. The Bertz CT molecular complexity index is 486. The van der Waals surface area contributed by atoms with Gasteiger partial charge in [0.1, 0.15) is 5.75 Å². The van der Waals surface area contributed by atoms with E-state index in [1.807, 2.05) is 0 Å². The normalized spacial score (nSPS) is 16.1. The zero-order valence-corrected chi connectivity index (χ0v) is 13.9. The maximum atomic E-state index is 12.0. The van der Waals surface area contributed by atoms with Gasteiger partial charge in [0, 0.05) is 24.7 Å². The molecule has 5 heteroatoms. The van der Waals surface area contributed by atoms with Gasteiger partial charge in [-0.05, 0) is 31.0 Å². The van der Waals surface area contributed by atoms with Crippen molar-refractivity contribution in [1.29, 1.82) is 0 Å². The van der Waals surface area contributed by atoms with Crippen LogP contribution in [0.2, 0.25) is 5.02 Å². The third kappa shape index (κ3) is 5.50. The zero-order chi connectivity index (χ0) is 15.8. The van der Waals surface area contributed by atoms with Crippen molar-refractivity contribution in [1.82, 2.24) is 5.32 Å². The number of benzene rings is 1. The lowest BCUT2D eigenvalue weighted by molar-refractivity contribution is -0.116. The monoisotopic (exact) mass is 324 g/mol. The van der Waals surface area contributed by atoms with Crippen molar-refractivity contribution in [3.8, 4) is 5.75 Å². The van der Waals surface area contributed by atoms with Crippen LogP contribution >= 0.6 is 11.6 Å². The number of methoxy groups -OCH3 is 1. The zero-order valence-electron chi connectivity index (χ0n) is 13.2. The molecule has 0 unspecified atom stereocenters. The second-order valence-electron chi connectivity index (χ2n) is 5.79. The first-order valence-electron chi connectivity index (χ1n) is 8.06. The SMILES string of the molecule is COc1ccc(NC(=O)CCNC2CCCCCC2)cc1Cl. The number of carbonyl (C=O) groups excluding carboxylic acids is 1. The number of nitrogens with one attached hydrogen (secondary N) is 2. The van der Waals surface area contributed by atoms with Crippen LogP contribution in [0.25, 0.3) is 0 Å². The van der Waals surface area contributed by atoms with E-state index in [-0.39, 0.29) is 5.91 Å². The molecular formula is C17H25ClN2O2. The number of rotatable bonds is 6. The van der Waals surface area contributed by atoms with Crippen LogP contribution in [0.1, 0.15) is 44.9 Å². The average Bonchev–Trinajstić information content (AvgIpc) is 2.76. The summed E-state index contributed by atoms with van der Waals surface area (Å²) in [6.45, 7) is 0.723. The molecule has 1 aliphatic carbocycles. The minimum atomic E-state index is 0.00218. The van der Waals surface area contributed by atoms with E-state index in [1.54, 1.807) is 25.3 Å². The van der Waals surface area contributed by atoms with Gasteiger partial charge in [-0.2, -0.15) is 0 Å². The van der Waals surface area contributed by atoms with Gasteiger partial charge in [-0.25, -0.2) is 0 Å². The first-order valence-corrected chi connectivity index (χ1v) is 8.43. The molecule has 0 atom stereocenters. The van der Waals surface area contributed by atoms with Crippen molar-refractivity contribution < 1.29 is 9.53 Å². The molecule has 0 aliphatic heterocycles. The maximum Gasteiger partial charge on any atom is 0.225 e. The van der Waals surface area contributed by atoms with Gasteiger partial charge in [0.15, 0.2) is 0 Å². The molecule has 1 saturated carbocycles. The molecule has 0 heterocycles. The van der Waals surface area contributed by atoms with Crippen molar-refractivity contribution in [2.75, 3.05) is 19.0 Å². The van der Waals surface area contributed by atoms with Gasteiger partial charge in [-0.15, -0.1) is 0 Å². The quantitative estimate of drug-likeness (QED) is 0.778. The van der Waals surface area contributed by atoms with E-state index in [1.165, 1.54) is 38.5 Å². The molecule has 1 fully saturated rings. The number of carbonyl (C=O) groups is 1. The van der Waals surface area contributed by atoms with E-state index >= 15 is 0 Å². The lowest BCUT2D eigenvalue weighted by atomic mass is 10.1. The summed E-state index contributed by atoms with van der Waals surface area (Å²) in [4.78, 5) is 12.0. The van der Waals surface area contributed by atoms with E-state index in [2.05, 4.69) is 10.6 Å². The van der Waals surface area contributed by atoms with Crippen molar-refractivity contribution in [3.05, 3.63) is 23.2 Å². The molecular weight excluding hydrogens is 300 g/mol. The summed E-state index contributed by atoms with van der Waals surface area (Å²) in [5.41, 5.74) is 0.699. The van der Waals surface area contributed by atoms with Gasteiger partial charge in [0.05, 0.1) is 12.1 Å². The molecule has 4 nitrogen and oxygen atoms in total. The summed E-state index contributed by atoms with van der Waals surface area (Å²) in [5, 5.41) is 6.86. The molecule has 2 rings (SSSR count). The molecule has 1 amide bonds. The smallest absolute Gasteiger partial charge is 0.225 e. The Hall–Kier alpha value is -1.26. The molecule has 0 aromatic heterocycles. The molecule has 1 aromatic carbocycles. The van der Waals surface area contributed by atoms with Crippen LogP contribution in [-0.2, 0) is 4.79 Å². The Morgan fingerprint density at radius 3 is 2.64 bits per heavy atom. The summed E-state index contributed by atoms with van der Waals surface area (Å²) in [6, 6.07) is 5.82. The summed E-state index contributed by atoms with van der Waals surface area (Å²) in [7, 11) is 1.57. The van der Waals surface area contributed by atoms with E-state index in [9.17, 15) is 4.79 Å². The van der Waals surface area contributed by atoms with Crippen molar-refractivity contribution in [3.63, 3.8) is 0 Å². The Morgan fingerprint density at radius 1 is 1.27 bits per heavy atom. The largest absolute Gasteiger partial charge is 0.495 e. The Balaban J connectivity index is 1.72. The van der Waals surface area contributed by atoms with Crippen LogP contribution < -0.4 is 15.4 Å². The number of halogens is 1. The highest BCUT2D eigenvalue weighted by atomic mass is 35.5. The molecule has 1 aliphatic rings. The van der Waals surface area contributed by atoms with Gasteiger partial charge in [-0.1, -0.05) is 37.3 Å². The number of ether oxygens (including phenoxy) is 1. The summed E-state index contributed by atoms with van der Waals surface area (Å²) < 4.78 is 5.09. The van der Waals surface area contributed by atoms with Crippen LogP contribution in [-0.4, -0.2) is 25.6 Å². The van der Waals surface area contributed by atoms with Gasteiger partial charge in [-0.3, -0.25) is 4.79 Å². The minimum absolute atomic E-state index is 0.00218. The first kappa shape index (κ1) is 17.1. The standard InChI is InChI=1S/C17H25ClN2O2/c1-22-16-9-8-14(12-15(16)18)20-17(21)10-11-19-13-6-4-2-3-5-7-13/h8-9,12-13,19H,2-7,10-11H2,1H3,(H,20,21). The highest BCUT2D eigenvalue weighted by Gasteiger charge is 2.12. The minimum Gasteiger partial charge on any atom is -0.495 e. The van der Waals surface area contributed by atoms with Crippen LogP contribution in [0.5, 0.6) is 5.75 Å². The van der Waals surface area contributed by atoms with Crippen LogP contribution in [0.15, 0.2) is 18.2 Å². The third-order valence-corrected chi connectivity index (χ3v) is 4.37. The lowest BCUT2D eigenvalue weighted by Gasteiger charge is -2.16. The van der Waals surface area contributed by atoms with E-state index in [4.69, 9.17) is 16.3 Å². The highest BCUT2D eigenvalue weighted by molar-refractivity contribution is 6.32. The molecule has 122 valence electrons. The van der Waals surface area contributed by atoms with Crippen LogP contribution in [0, 0.1) is 0 Å². The Kier molecular flexibility index (Phi) is 7.00. The summed E-state index contributed by atoms with van der Waals surface area (Å²) in [6.07, 6.45) is 8.22. The predicted octanol–water partition coefficient (Wildman–Crippen LogP) is 3.99. The molecule has 22 heavy (non-hydrogen) atoms. The molecule has 2 N–H and O–H groups in total. The number of anilines is 1. The molecule has 1 aromatic rings. The topological polar surface area (TPSA) is 50.4 Å². The second-order valence-corrected chi connectivity index (χ2v) is 6.20. The molecule has 0 radical (unpaired) electrons. The number of hydrogen-bond acceptors (Lipinski definition) is 3. The third-order valence-electron chi connectivity index (χ3n) is 4.08. The fourth-order valence-electron chi connectivity index (χ4n) is 2.84. The maximum absolute atomic E-state index is 12.0. The average molecular weight is 325 g/mol. The van der Waals surface area contributed by atoms with E-state index < -0.39 is 0 Å². The lowest BCUT2D eigenvalue weighted by Crippen LogP contribution is -2.31. The van der Waals surface area contributed by atoms with Gasteiger partial charge in [0.25, 0.3) is 0 Å². The summed E-state index contributed by atoms with van der Waals surface area (Å²) >= 11 is 6.05. The second kappa shape index (κ2) is 9.01. The number of hydrogen-bond donors (Lipinski definition) is 2. The summed E-state index contributed by atoms with van der Waals surface area (Å²) in [5.74, 6) is 0.608. The van der Waals surface area contributed by atoms with Crippen molar-refractivity contribution in [2.45, 2.75) is 51.0 Å². The molecule has 0 bridgehead atoms. The number of amides is 1. The Morgan fingerprint density at radius 2 is 2.00 bits per heavy atom. The van der Waals surface area contributed by atoms with Crippen molar-refractivity contribution in [2.24, 2.45) is 0 Å². The first-order chi connectivity index (χ1) is 10.7. The van der Waals surface area contributed by atoms with E-state index in [0.717, 1.165) is 6.54 Å². The predicted molar refractivity (Wildman–Crippen MR) is 90.7 cm³/mol. The highest BCUT2D eigenvalue weighted by Crippen LogP contribution is 2.27. The van der Waals surface area contributed by atoms with Crippen LogP contribution in [0.4, 0.5) is 5.69 Å². The van der Waals surface area contributed by atoms with Crippen molar-refractivity contribution >= 4 is 23.2 Å². The van der Waals surface area contributed by atoms with E-state index in [0.29, 0.717) is 28.9 Å². The van der Waals surface area contributed by atoms with Gasteiger partial charge < -0.3 is 15.4 Å². The fraction of sp³-hybridized carbons (Fsp3) is 0.588. The van der Waals surface area contributed by atoms with Gasteiger partial charge >= 0.3 is 0 Å².